The van der Waals surface area contributed by atoms with Crippen LogP contribution in [-0.2, 0) is 0 Å². The minimum atomic E-state index is 0.917. The van der Waals surface area contributed by atoms with Gasteiger partial charge in [0.25, 0.3) is 0 Å². The molecule has 0 aliphatic carbocycles. The van der Waals surface area contributed by atoms with Crippen LogP contribution in [-0.4, -0.2) is 4.98 Å². The van der Waals surface area contributed by atoms with Gasteiger partial charge in [-0.3, -0.25) is 0 Å². The van der Waals surface area contributed by atoms with Crippen LogP contribution < -0.4 is 0 Å². The summed E-state index contributed by atoms with van der Waals surface area (Å²) in [6.07, 6.45) is 0. The summed E-state index contributed by atoms with van der Waals surface area (Å²) in [4.78, 5) is 4.73. The first-order valence-electron chi connectivity index (χ1n) is 6.09. The Hall–Kier alpha value is -2.15. The summed E-state index contributed by atoms with van der Waals surface area (Å²) >= 11 is 0. The molecular weight excluding hydrogens is 218 g/mol. The Morgan fingerprint density at radius 2 is 1.83 bits per heavy atom. The fourth-order valence-corrected chi connectivity index (χ4v) is 2.18. The summed E-state index contributed by atoms with van der Waals surface area (Å²) in [7, 11) is 0. The molecule has 1 aromatic heterocycles. The molecule has 3 rings (SSSR count). The highest BCUT2D eigenvalue weighted by Gasteiger charge is 2.03. The van der Waals surface area contributed by atoms with E-state index in [4.69, 9.17) is 4.98 Å². The minimum absolute atomic E-state index is 0.917. The third kappa shape index (κ3) is 1.88. The summed E-state index contributed by atoms with van der Waals surface area (Å²) in [6.45, 7) is 4.19. The number of hydrogen-bond donors (Lipinski definition) is 0. The van der Waals surface area contributed by atoms with Crippen molar-refractivity contribution in [1.82, 2.24) is 4.98 Å². The Bertz CT molecular complexity index is 714. The van der Waals surface area contributed by atoms with Crippen molar-refractivity contribution >= 4 is 10.9 Å². The molecule has 18 heavy (non-hydrogen) atoms. The first kappa shape index (κ1) is 11.0. The van der Waals surface area contributed by atoms with E-state index in [0.29, 0.717) is 0 Å². The first-order chi connectivity index (χ1) is 8.74. The summed E-state index contributed by atoms with van der Waals surface area (Å²) in [5.41, 5.74) is 5.55. The lowest BCUT2D eigenvalue weighted by atomic mass is 10.1. The molecule has 0 unspecified atom stereocenters. The molecule has 1 radical (unpaired) electrons. The van der Waals surface area contributed by atoms with E-state index in [0.717, 1.165) is 22.2 Å². The lowest BCUT2D eigenvalue weighted by Crippen LogP contribution is -1.88. The Balaban J connectivity index is 2.22. The second-order valence-corrected chi connectivity index (χ2v) is 4.63. The third-order valence-electron chi connectivity index (χ3n) is 3.15. The molecule has 0 spiro atoms. The van der Waals surface area contributed by atoms with Crippen LogP contribution in [0, 0.1) is 19.9 Å². The van der Waals surface area contributed by atoms with Crippen LogP contribution in [0.5, 0.6) is 0 Å². The van der Waals surface area contributed by atoms with E-state index < -0.39 is 0 Å². The highest BCUT2D eigenvalue weighted by atomic mass is 14.7. The van der Waals surface area contributed by atoms with Gasteiger partial charge in [0.1, 0.15) is 0 Å². The lowest BCUT2D eigenvalue weighted by Gasteiger charge is -2.05. The van der Waals surface area contributed by atoms with Gasteiger partial charge in [-0.2, -0.15) is 0 Å². The van der Waals surface area contributed by atoms with E-state index in [9.17, 15) is 0 Å². The summed E-state index contributed by atoms with van der Waals surface area (Å²) in [6, 6.07) is 19.9. The summed E-state index contributed by atoms with van der Waals surface area (Å²) in [5, 5.41) is 1.14. The van der Waals surface area contributed by atoms with Crippen molar-refractivity contribution in [1.29, 1.82) is 0 Å². The largest absolute Gasteiger partial charge is 0.247 e. The normalized spacial score (nSPS) is 10.8. The molecular formula is C17H14N. The van der Waals surface area contributed by atoms with Crippen LogP contribution >= 0.6 is 0 Å². The van der Waals surface area contributed by atoms with E-state index in [-0.39, 0.29) is 0 Å². The maximum absolute atomic E-state index is 4.73. The standard InChI is InChI=1S/C17H14N/c1-12-5-3-8-15(11-12)16-10-9-14-7-4-6-13(2)17(14)18-16/h3-9,11H,1-2H3. The number of aromatic nitrogens is 1. The van der Waals surface area contributed by atoms with Crippen molar-refractivity contribution in [2.75, 3.05) is 0 Å². The quantitative estimate of drug-likeness (QED) is 0.609. The van der Waals surface area contributed by atoms with Gasteiger partial charge in [0.05, 0.1) is 11.2 Å². The molecule has 1 heteroatoms. The number of benzene rings is 2. The van der Waals surface area contributed by atoms with Gasteiger partial charge in [0, 0.05) is 17.0 Å². The van der Waals surface area contributed by atoms with E-state index >= 15 is 0 Å². The molecule has 0 N–H and O–H groups in total. The molecule has 0 fully saturated rings. The zero-order valence-electron chi connectivity index (χ0n) is 10.6. The van der Waals surface area contributed by atoms with Crippen LogP contribution in [0.25, 0.3) is 22.2 Å². The van der Waals surface area contributed by atoms with E-state index in [2.05, 4.69) is 62.4 Å². The SMILES string of the molecule is Cc1cccc(-c2[c]cc3cccc(C)c3n2)c1. The highest BCUT2D eigenvalue weighted by molar-refractivity contribution is 5.83. The van der Waals surface area contributed by atoms with Crippen molar-refractivity contribution in [3.8, 4) is 11.3 Å². The van der Waals surface area contributed by atoms with Gasteiger partial charge in [-0.25, -0.2) is 4.98 Å². The van der Waals surface area contributed by atoms with Gasteiger partial charge in [-0.15, -0.1) is 0 Å². The maximum atomic E-state index is 4.73. The second kappa shape index (κ2) is 4.26. The molecule has 1 heterocycles. The molecule has 0 atom stereocenters. The van der Waals surface area contributed by atoms with Crippen LogP contribution in [0.2, 0.25) is 0 Å². The first-order valence-corrected chi connectivity index (χ1v) is 6.09. The lowest BCUT2D eigenvalue weighted by molar-refractivity contribution is 1.35. The molecule has 0 saturated carbocycles. The van der Waals surface area contributed by atoms with Crippen LogP contribution in [0.1, 0.15) is 11.1 Å². The molecule has 0 amide bonds. The minimum Gasteiger partial charge on any atom is -0.247 e. The Morgan fingerprint density at radius 1 is 1.00 bits per heavy atom. The number of rotatable bonds is 1. The predicted molar refractivity (Wildman–Crippen MR) is 75.5 cm³/mol. The Morgan fingerprint density at radius 3 is 2.67 bits per heavy atom. The van der Waals surface area contributed by atoms with Gasteiger partial charge >= 0.3 is 0 Å². The molecule has 0 aliphatic rings. The van der Waals surface area contributed by atoms with E-state index in [1.54, 1.807) is 0 Å². The topological polar surface area (TPSA) is 12.9 Å². The van der Waals surface area contributed by atoms with E-state index in [1.807, 2.05) is 6.07 Å². The predicted octanol–water partition coefficient (Wildman–Crippen LogP) is 4.32. The van der Waals surface area contributed by atoms with Gasteiger partial charge in [0.2, 0.25) is 0 Å². The van der Waals surface area contributed by atoms with Gasteiger partial charge < -0.3 is 0 Å². The van der Waals surface area contributed by atoms with Crippen LogP contribution in [0.4, 0.5) is 0 Å². The Kier molecular flexibility index (Phi) is 2.60. The highest BCUT2D eigenvalue weighted by Crippen LogP contribution is 2.22. The molecule has 0 bridgehead atoms. The summed E-state index contributed by atoms with van der Waals surface area (Å²) < 4.78 is 0. The number of aryl methyl sites for hydroxylation is 2. The molecule has 3 aromatic rings. The van der Waals surface area contributed by atoms with Crippen molar-refractivity contribution in [2.24, 2.45) is 0 Å². The molecule has 2 aromatic carbocycles. The smallest absolute Gasteiger partial charge is 0.0789 e. The monoisotopic (exact) mass is 232 g/mol. The number of nitrogens with zero attached hydrogens (tertiary/aromatic N) is 1. The number of pyridine rings is 1. The second-order valence-electron chi connectivity index (χ2n) is 4.63. The van der Waals surface area contributed by atoms with Gasteiger partial charge in [-0.05, 0) is 31.5 Å². The van der Waals surface area contributed by atoms with Crippen molar-refractivity contribution in [3.63, 3.8) is 0 Å². The third-order valence-corrected chi connectivity index (χ3v) is 3.15. The zero-order chi connectivity index (χ0) is 12.5. The number of para-hydroxylation sites is 1. The van der Waals surface area contributed by atoms with Gasteiger partial charge in [0.15, 0.2) is 0 Å². The average Bonchev–Trinajstić information content (AvgIpc) is 2.39. The Labute approximate surface area is 107 Å². The van der Waals surface area contributed by atoms with Crippen molar-refractivity contribution in [3.05, 3.63) is 65.7 Å². The number of fused-ring (bicyclic) bond motifs is 1. The van der Waals surface area contributed by atoms with Crippen molar-refractivity contribution < 1.29 is 0 Å². The molecule has 0 saturated heterocycles. The fourth-order valence-electron chi connectivity index (χ4n) is 2.18. The van der Waals surface area contributed by atoms with E-state index in [1.165, 1.54) is 11.1 Å². The molecule has 0 aliphatic heterocycles. The molecule has 1 nitrogen and oxygen atoms in total. The molecule has 87 valence electrons. The maximum Gasteiger partial charge on any atom is 0.0789 e. The van der Waals surface area contributed by atoms with Crippen LogP contribution in [0.3, 0.4) is 0 Å². The van der Waals surface area contributed by atoms with Gasteiger partial charge in [-0.1, -0.05) is 42.0 Å². The zero-order valence-corrected chi connectivity index (χ0v) is 10.6. The fraction of sp³-hybridized carbons (Fsp3) is 0.118. The van der Waals surface area contributed by atoms with Crippen LogP contribution in [0.15, 0.2) is 48.5 Å². The average molecular weight is 232 g/mol. The number of hydrogen-bond acceptors (Lipinski definition) is 1. The van der Waals surface area contributed by atoms with Crippen molar-refractivity contribution in [2.45, 2.75) is 13.8 Å². The summed E-state index contributed by atoms with van der Waals surface area (Å²) in [5.74, 6) is 0.